The maximum Gasteiger partial charge on any atom is 0.410 e. The van der Waals surface area contributed by atoms with Crippen molar-refractivity contribution in [3.63, 3.8) is 0 Å². The molecule has 26 heavy (non-hydrogen) atoms. The molecule has 0 saturated carbocycles. The molecule has 5 nitrogen and oxygen atoms in total. The molecule has 0 radical (unpaired) electrons. The molecule has 1 saturated heterocycles. The average molecular weight is 380 g/mol. The minimum atomic E-state index is -0.445. The maximum absolute atomic E-state index is 12.1. The number of likely N-dealkylation sites (tertiary alicyclic amines) is 1. The highest BCUT2D eigenvalue weighted by Crippen LogP contribution is 2.21. The summed E-state index contributed by atoms with van der Waals surface area (Å²) in [5.41, 5.74) is 1.53. The van der Waals surface area contributed by atoms with Crippen molar-refractivity contribution in [3.05, 3.63) is 22.4 Å². The SMILES string of the molecule is C/C(=N\N=C(/C)C1CCN(C(=O)OC(C)(C)C)CC1)c1cccs1.CC. The zero-order chi connectivity index (χ0) is 19.7. The van der Waals surface area contributed by atoms with Crippen LogP contribution in [-0.4, -0.2) is 41.1 Å². The third-order valence-electron chi connectivity index (χ3n) is 3.97. The summed E-state index contributed by atoms with van der Waals surface area (Å²) in [6, 6.07) is 4.07. The molecule has 6 heteroatoms. The van der Waals surface area contributed by atoms with E-state index in [9.17, 15) is 4.79 Å². The van der Waals surface area contributed by atoms with E-state index < -0.39 is 5.60 Å². The summed E-state index contributed by atoms with van der Waals surface area (Å²) in [4.78, 5) is 15.0. The van der Waals surface area contributed by atoms with E-state index in [-0.39, 0.29) is 6.09 Å². The Hall–Kier alpha value is -1.69. The maximum atomic E-state index is 12.1. The molecule has 1 aliphatic rings. The molecule has 0 aromatic carbocycles. The first-order valence-electron chi connectivity index (χ1n) is 9.37. The topological polar surface area (TPSA) is 54.3 Å². The van der Waals surface area contributed by atoms with Crippen LogP contribution in [0.2, 0.25) is 0 Å². The molecular weight excluding hydrogens is 346 g/mol. The van der Waals surface area contributed by atoms with Crippen LogP contribution >= 0.6 is 11.3 Å². The van der Waals surface area contributed by atoms with E-state index >= 15 is 0 Å². The van der Waals surface area contributed by atoms with E-state index in [0.717, 1.165) is 29.1 Å². The Labute approximate surface area is 162 Å². The molecule has 1 amide bonds. The Morgan fingerprint density at radius 2 is 1.81 bits per heavy atom. The summed E-state index contributed by atoms with van der Waals surface area (Å²) in [6.07, 6.45) is 1.59. The molecule has 0 unspecified atom stereocenters. The van der Waals surface area contributed by atoms with Crippen LogP contribution in [-0.2, 0) is 4.74 Å². The van der Waals surface area contributed by atoms with Gasteiger partial charge in [-0.2, -0.15) is 10.2 Å². The number of hydrogen-bond acceptors (Lipinski definition) is 5. The Bertz CT molecular complexity index is 608. The lowest BCUT2D eigenvalue weighted by Crippen LogP contribution is -2.42. The average Bonchev–Trinajstić information content (AvgIpc) is 3.14. The van der Waals surface area contributed by atoms with Gasteiger partial charge < -0.3 is 9.64 Å². The third-order valence-corrected chi connectivity index (χ3v) is 4.95. The summed E-state index contributed by atoms with van der Waals surface area (Å²) in [7, 11) is 0. The molecule has 146 valence electrons. The van der Waals surface area contributed by atoms with Crippen LogP contribution < -0.4 is 0 Å². The highest BCUT2D eigenvalue weighted by atomic mass is 32.1. The van der Waals surface area contributed by atoms with Crippen LogP contribution in [0.4, 0.5) is 4.79 Å². The first-order chi connectivity index (χ1) is 12.3. The summed E-state index contributed by atoms with van der Waals surface area (Å²) in [5, 5.41) is 10.8. The van der Waals surface area contributed by atoms with Crippen LogP contribution in [0.3, 0.4) is 0 Å². The predicted octanol–water partition coefficient (Wildman–Crippen LogP) is 5.61. The molecule has 2 rings (SSSR count). The summed E-state index contributed by atoms with van der Waals surface area (Å²) in [5.74, 6) is 0.378. The first kappa shape index (κ1) is 22.4. The van der Waals surface area contributed by atoms with Crippen molar-refractivity contribution >= 4 is 28.9 Å². The molecule has 1 aromatic rings. The Balaban J connectivity index is 0.00000163. The van der Waals surface area contributed by atoms with Gasteiger partial charge in [0.25, 0.3) is 0 Å². The number of ether oxygens (including phenoxy) is 1. The van der Waals surface area contributed by atoms with Gasteiger partial charge in [-0.1, -0.05) is 19.9 Å². The van der Waals surface area contributed by atoms with Crippen LogP contribution in [0.25, 0.3) is 0 Å². The van der Waals surface area contributed by atoms with Crippen molar-refractivity contribution in [2.75, 3.05) is 13.1 Å². The van der Waals surface area contributed by atoms with Crippen molar-refractivity contribution < 1.29 is 9.53 Å². The van der Waals surface area contributed by atoms with Gasteiger partial charge in [0.05, 0.1) is 10.6 Å². The van der Waals surface area contributed by atoms with Crippen LogP contribution in [0.1, 0.15) is 66.2 Å². The second-order valence-electron chi connectivity index (χ2n) is 7.15. The molecule has 1 fully saturated rings. The molecular formula is C20H33N3O2S. The van der Waals surface area contributed by atoms with Gasteiger partial charge in [-0.15, -0.1) is 11.3 Å². The zero-order valence-electron chi connectivity index (χ0n) is 17.2. The van der Waals surface area contributed by atoms with Gasteiger partial charge in [-0.25, -0.2) is 4.79 Å². The summed E-state index contributed by atoms with van der Waals surface area (Å²) < 4.78 is 5.43. The van der Waals surface area contributed by atoms with Gasteiger partial charge >= 0.3 is 6.09 Å². The summed E-state index contributed by atoms with van der Waals surface area (Å²) in [6.45, 7) is 15.1. The molecule has 0 spiro atoms. The van der Waals surface area contributed by atoms with Crippen molar-refractivity contribution in [1.82, 2.24) is 4.90 Å². The highest BCUT2D eigenvalue weighted by Gasteiger charge is 2.27. The molecule has 1 aromatic heterocycles. The fourth-order valence-electron chi connectivity index (χ4n) is 2.58. The minimum Gasteiger partial charge on any atom is -0.444 e. The number of piperidine rings is 1. The Morgan fingerprint density at radius 3 is 2.31 bits per heavy atom. The van der Waals surface area contributed by atoms with Gasteiger partial charge in [0.1, 0.15) is 5.60 Å². The van der Waals surface area contributed by atoms with E-state index in [0.29, 0.717) is 19.0 Å². The van der Waals surface area contributed by atoms with E-state index in [2.05, 4.69) is 10.2 Å². The zero-order valence-corrected chi connectivity index (χ0v) is 18.0. The van der Waals surface area contributed by atoms with Gasteiger partial charge in [-0.05, 0) is 58.9 Å². The quantitative estimate of drug-likeness (QED) is 0.506. The number of nitrogens with zero attached hydrogens (tertiary/aromatic N) is 3. The number of thiophene rings is 1. The number of carbonyl (C=O) groups excluding carboxylic acids is 1. The van der Waals surface area contributed by atoms with E-state index in [4.69, 9.17) is 4.74 Å². The first-order valence-corrected chi connectivity index (χ1v) is 10.2. The molecule has 1 aliphatic heterocycles. The van der Waals surface area contributed by atoms with Gasteiger partial charge in [0.15, 0.2) is 0 Å². The van der Waals surface area contributed by atoms with Gasteiger partial charge in [0, 0.05) is 24.7 Å². The van der Waals surface area contributed by atoms with Crippen molar-refractivity contribution in [2.24, 2.45) is 16.1 Å². The lowest BCUT2D eigenvalue weighted by molar-refractivity contribution is 0.0201. The monoisotopic (exact) mass is 379 g/mol. The molecule has 0 atom stereocenters. The van der Waals surface area contributed by atoms with Crippen LogP contribution in [0.5, 0.6) is 0 Å². The van der Waals surface area contributed by atoms with Gasteiger partial charge in [0.2, 0.25) is 0 Å². The van der Waals surface area contributed by atoms with Crippen molar-refractivity contribution in [1.29, 1.82) is 0 Å². The fourth-order valence-corrected chi connectivity index (χ4v) is 3.25. The predicted molar refractivity (Wildman–Crippen MR) is 112 cm³/mol. The number of carbonyl (C=O) groups is 1. The van der Waals surface area contributed by atoms with E-state index in [1.165, 1.54) is 0 Å². The lowest BCUT2D eigenvalue weighted by Gasteiger charge is -2.33. The van der Waals surface area contributed by atoms with Crippen LogP contribution in [0.15, 0.2) is 27.7 Å². The van der Waals surface area contributed by atoms with Crippen LogP contribution in [0, 0.1) is 5.92 Å². The normalized spacial score (nSPS) is 16.8. The summed E-state index contributed by atoms with van der Waals surface area (Å²) >= 11 is 1.67. The molecule has 0 bridgehead atoms. The largest absolute Gasteiger partial charge is 0.444 e. The molecule has 0 N–H and O–H groups in total. The van der Waals surface area contributed by atoms with Gasteiger partial charge in [-0.3, -0.25) is 0 Å². The second kappa shape index (κ2) is 10.5. The highest BCUT2D eigenvalue weighted by molar-refractivity contribution is 7.12. The molecule has 2 heterocycles. The Kier molecular flexibility index (Phi) is 8.99. The van der Waals surface area contributed by atoms with E-state index in [1.807, 2.05) is 66.0 Å². The number of hydrogen-bond donors (Lipinski definition) is 0. The lowest BCUT2D eigenvalue weighted by atomic mass is 9.93. The van der Waals surface area contributed by atoms with E-state index in [1.54, 1.807) is 16.2 Å². The standard InChI is InChI=1S/C18H27N3O2S.C2H6/c1-13(19-20-14(2)16-7-6-12-24-16)15-8-10-21(11-9-15)17(22)23-18(3,4)5;1-2/h6-7,12,15H,8-11H2,1-5H3;1-2H3/b19-13+,20-14+;. The van der Waals surface area contributed by atoms with Crippen molar-refractivity contribution in [3.8, 4) is 0 Å². The third kappa shape index (κ3) is 7.28. The molecule has 0 aliphatic carbocycles. The minimum absolute atomic E-state index is 0.220. The number of amides is 1. The number of rotatable bonds is 3. The second-order valence-corrected chi connectivity index (χ2v) is 8.09. The smallest absolute Gasteiger partial charge is 0.410 e. The Morgan fingerprint density at radius 1 is 1.19 bits per heavy atom. The van der Waals surface area contributed by atoms with Crippen molar-refractivity contribution in [2.45, 2.75) is 66.9 Å². The fraction of sp³-hybridized carbons (Fsp3) is 0.650.